The van der Waals surface area contributed by atoms with Crippen LogP contribution in [-0.4, -0.2) is 17.4 Å². The highest BCUT2D eigenvalue weighted by molar-refractivity contribution is 6.30. The van der Waals surface area contributed by atoms with Crippen molar-refractivity contribution < 1.29 is 9.18 Å². The molecule has 1 aromatic carbocycles. The lowest BCUT2D eigenvalue weighted by molar-refractivity contribution is 0.102. The standard InChI is InChI=1S/C14H13ClFN3O/c1-2-17-13-7-9(6-12(15)19-13)14(20)18-11-5-3-4-10(16)8-11/h3-8H,2H2,1H3,(H,17,19)(H,18,20). The lowest BCUT2D eigenvalue weighted by Gasteiger charge is -2.08. The van der Waals surface area contributed by atoms with Crippen molar-refractivity contribution in [1.29, 1.82) is 0 Å². The van der Waals surface area contributed by atoms with Gasteiger partial charge in [-0.05, 0) is 37.3 Å². The summed E-state index contributed by atoms with van der Waals surface area (Å²) in [5.41, 5.74) is 0.734. The van der Waals surface area contributed by atoms with Gasteiger partial charge in [-0.1, -0.05) is 17.7 Å². The normalized spacial score (nSPS) is 10.2. The Morgan fingerprint density at radius 3 is 2.85 bits per heavy atom. The van der Waals surface area contributed by atoms with E-state index in [9.17, 15) is 9.18 Å². The average molecular weight is 294 g/mol. The van der Waals surface area contributed by atoms with Crippen LogP contribution in [0.2, 0.25) is 5.15 Å². The SMILES string of the molecule is CCNc1cc(C(=O)Nc2cccc(F)c2)cc(Cl)n1. The first-order valence-corrected chi connectivity index (χ1v) is 6.44. The van der Waals surface area contributed by atoms with Crippen LogP contribution in [0.15, 0.2) is 36.4 Å². The Morgan fingerprint density at radius 2 is 2.15 bits per heavy atom. The highest BCUT2D eigenvalue weighted by atomic mass is 35.5. The minimum atomic E-state index is -0.413. The Balaban J connectivity index is 2.20. The van der Waals surface area contributed by atoms with Crippen LogP contribution >= 0.6 is 11.6 Å². The predicted molar refractivity (Wildman–Crippen MR) is 77.8 cm³/mol. The Labute approximate surface area is 121 Å². The van der Waals surface area contributed by atoms with Crippen molar-refractivity contribution in [2.75, 3.05) is 17.2 Å². The van der Waals surface area contributed by atoms with Crippen LogP contribution in [0.5, 0.6) is 0 Å². The van der Waals surface area contributed by atoms with E-state index < -0.39 is 5.82 Å². The summed E-state index contributed by atoms with van der Waals surface area (Å²) in [7, 11) is 0. The van der Waals surface area contributed by atoms with Gasteiger partial charge in [0.15, 0.2) is 0 Å². The topological polar surface area (TPSA) is 54.0 Å². The Bertz CT molecular complexity index is 634. The summed E-state index contributed by atoms with van der Waals surface area (Å²) in [6.07, 6.45) is 0. The van der Waals surface area contributed by atoms with Gasteiger partial charge in [0.05, 0.1) is 0 Å². The molecule has 2 aromatic rings. The van der Waals surface area contributed by atoms with Crippen molar-refractivity contribution in [1.82, 2.24) is 4.98 Å². The number of rotatable bonds is 4. The van der Waals surface area contributed by atoms with Crippen LogP contribution in [-0.2, 0) is 0 Å². The summed E-state index contributed by atoms with van der Waals surface area (Å²) in [6.45, 7) is 2.58. The molecule has 2 N–H and O–H groups in total. The minimum absolute atomic E-state index is 0.216. The van der Waals surface area contributed by atoms with E-state index in [1.54, 1.807) is 12.1 Å². The molecular weight excluding hydrogens is 281 g/mol. The highest BCUT2D eigenvalue weighted by Crippen LogP contribution is 2.17. The van der Waals surface area contributed by atoms with Crippen LogP contribution in [0, 0.1) is 5.82 Å². The largest absolute Gasteiger partial charge is 0.370 e. The van der Waals surface area contributed by atoms with Gasteiger partial charge in [-0.3, -0.25) is 4.79 Å². The van der Waals surface area contributed by atoms with E-state index in [1.807, 2.05) is 6.92 Å². The number of carbonyl (C=O) groups is 1. The fraction of sp³-hybridized carbons (Fsp3) is 0.143. The molecule has 0 aliphatic carbocycles. The van der Waals surface area contributed by atoms with Gasteiger partial charge in [0.1, 0.15) is 16.8 Å². The van der Waals surface area contributed by atoms with Gasteiger partial charge in [-0.2, -0.15) is 0 Å². The van der Waals surface area contributed by atoms with E-state index in [0.29, 0.717) is 23.6 Å². The molecular formula is C14H13ClFN3O. The number of nitrogens with one attached hydrogen (secondary N) is 2. The zero-order valence-electron chi connectivity index (χ0n) is 10.8. The third-order valence-corrected chi connectivity index (χ3v) is 2.69. The molecule has 0 fully saturated rings. The van der Waals surface area contributed by atoms with Crippen molar-refractivity contribution in [3.05, 3.63) is 52.9 Å². The van der Waals surface area contributed by atoms with E-state index in [0.717, 1.165) is 0 Å². The van der Waals surface area contributed by atoms with Crippen molar-refractivity contribution in [2.45, 2.75) is 6.92 Å². The molecule has 0 aliphatic heterocycles. The smallest absolute Gasteiger partial charge is 0.255 e. The van der Waals surface area contributed by atoms with E-state index >= 15 is 0 Å². The van der Waals surface area contributed by atoms with Crippen LogP contribution < -0.4 is 10.6 Å². The van der Waals surface area contributed by atoms with Crippen LogP contribution in [0.25, 0.3) is 0 Å². The predicted octanol–water partition coefficient (Wildman–Crippen LogP) is 3.56. The van der Waals surface area contributed by atoms with Gasteiger partial charge in [0, 0.05) is 17.8 Å². The number of amides is 1. The van der Waals surface area contributed by atoms with Gasteiger partial charge in [-0.15, -0.1) is 0 Å². The first-order chi connectivity index (χ1) is 9.58. The highest BCUT2D eigenvalue weighted by Gasteiger charge is 2.10. The summed E-state index contributed by atoms with van der Waals surface area (Å²) in [5.74, 6) is -0.271. The number of pyridine rings is 1. The number of benzene rings is 1. The molecule has 1 heterocycles. The summed E-state index contributed by atoms with van der Waals surface area (Å²) < 4.78 is 13.1. The zero-order chi connectivity index (χ0) is 14.5. The van der Waals surface area contributed by atoms with Crippen molar-refractivity contribution in [2.24, 2.45) is 0 Å². The maximum atomic E-state index is 13.1. The molecule has 0 saturated heterocycles. The molecule has 0 saturated carbocycles. The molecule has 104 valence electrons. The summed E-state index contributed by atoms with van der Waals surface area (Å²) >= 11 is 5.87. The first kappa shape index (κ1) is 14.3. The number of hydrogen-bond donors (Lipinski definition) is 2. The number of aromatic nitrogens is 1. The second-order valence-electron chi connectivity index (χ2n) is 4.06. The molecule has 6 heteroatoms. The van der Waals surface area contributed by atoms with Crippen LogP contribution in [0.3, 0.4) is 0 Å². The fourth-order valence-corrected chi connectivity index (χ4v) is 1.88. The number of carbonyl (C=O) groups excluding carboxylic acids is 1. The maximum Gasteiger partial charge on any atom is 0.255 e. The molecule has 0 spiro atoms. The Kier molecular flexibility index (Phi) is 4.53. The van der Waals surface area contributed by atoms with E-state index in [1.165, 1.54) is 24.3 Å². The second-order valence-corrected chi connectivity index (χ2v) is 4.45. The molecule has 0 radical (unpaired) electrons. The van der Waals surface area contributed by atoms with Gasteiger partial charge < -0.3 is 10.6 Å². The molecule has 4 nitrogen and oxygen atoms in total. The molecule has 0 atom stereocenters. The maximum absolute atomic E-state index is 13.1. The number of hydrogen-bond acceptors (Lipinski definition) is 3. The summed E-state index contributed by atoms with van der Waals surface area (Å²) in [6, 6.07) is 8.72. The third kappa shape index (κ3) is 3.68. The molecule has 1 aromatic heterocycles. The van der Waals surface area contributed by atoms with Crippen LogP contribution in [0.1, 0.15) is 17.3 Å². The first-order valence-electron chi connectivity index (χ1n) is 6.07. The van der Waals surface area contributed by atoms with Gasteiger partial charge >= 0.3 is 0 Å². The molecule has 2 rings (SSSR count). The lowest BCUT2D eigenvalue weighted by Crippen LogP contribution is -2.13. The minimum Gasteiger partial charge on any atom is -0.370 e. The molecule has 1 amide bonds. The molecule has 0 bridgehead atoms. The number of anilines is 2. The lowest BCUT2D eigenvalue weighted by atomic mass is 10.2. The second kappa shape index (κ2) is 6.34. The fourth-order valence-electron chi connectivity index (χ4n) is 1.67. The van der Waals surface area contributed by atoms with Crippen molar-refractivity contribution >= 4 is 29.0 Å². The zero-order valence-corrected chi connectivity index (χ0v) is 11.5. The van der Waals surface area contributed by atoms with Crippen molar-refractivity contribution in [3.63, 3.8) is 0 Å². The number of nitrogens with zero attached hydrogens (tertiary/aromatic N) is 1. The van der Waals surface area contributed by atoms with E-state index in [-0.39, 0.29) is 11.1 Å². The summed E-state index contributed by atoms with van der Waals surface area (Å²) in [5, 5.41) is 5.80. The van der Waals surface area contributed by atoms with Gasteiger partial charge in [-0.25, -0.2) is 9.37 Å². The van der Waals surface area contributed by atoms with Gasteiger partial charge in [0.25, 0.3) is 5.91 Å². The third-order valence-electron chi connectivity index (χ3n) is 2.50. The molecule has 0 unspecified atom stereocenters. The van der Waals surface area contributed by atoms with Crippen LogP contribution in [0.4, 0.5) is 15.9 Å². The monoisotopic (exact) mass is 293 g/mol. The number of halogens is 2. The average Bonchev–Trinajstić information content (AvgIpc) is 2.38. The van der Waals surface area contributed by atoms with Gasteiger partial charge in [0.2, 0.25) is 0 Å². The van der Waals surface area contributed by atoms with E-state index in [4.69, 9.17) is 11.6 Å². The Hall–Kier alpha value is -2.14. The quantitative estimate of drug-likeness (QED) is 0.848. The Morgan fingerprint density at radius 1 is 1.35 bits per heavy atom. The molecule has 0 aliphatic rings. The summed E-state index contributed by atoms with van der Waals surface area (Å²) in [4.78, 5) is 16.1. The molecule has 20 heavy (non-hydrogen) atoms. The van der Waals surface area contributed by atoms with E-state index in [2.05, 4.69) is 15.6 Å². The van der Waals surface area contributed by atoms with Crippen molar-refractivity contribution in [3.8, 4) is 0 Å².